The summed E-state index contributed by atoms with van der Waals surface area (Å²) in [6.07, 6.45) is 3.71. The topological polar surface area (TPSA) is 93.5 Å². The van der Waals surface area contributed by atoms with Crippen LogP contribution in [0, 0.1) is 0 Å². The minimum Gasteiger partial charge on any atom is -0.488 e. The third-order valence-electron chi connectivity index (χ3n) is 4.11. The Morgan fingerprint density at radius 1 is 1.10 bits per heavy atom. The van der Waals surface area contributed by atoms with Crippen LogP contribution in [-0.4, -0.2) is 47.2 Å². The Morgan fingerprint density at radius 2 is 1.97 bits per heavy atom. The average Bonchev–Trinajstić information content (AvgIpc) is 3.42. The second-order valence-corrected chi connectivity index (χ2v) is 7.89. The van der Waals surface area contributed by atoms with Gasteiger partial charge in [-0.3, -0.25) is 9.98 Å². The van der Waals surface area contributed by atoms with Gasteiger partial charge in [0, 0.05) is 29.5 Å². The van der Waals surface area contributed by atoms with Gasteiger partial charge in [0.2, 0.25) is 0 Å². The van der Waals surface area contributed by atoms with Gasteiger partial charge in [-0.2, -0.15) is 0 Å². The van der Waals surface area contributed by atoms with Gasteiger partial charge in [0.15, 0.2) is 11.1 Å². The van der Waals surface area contributed by atoms with E-state index >= 15 is 0 Å². The van der Waals surface area contributed by atoms with Crippen LogP contribution in [0.15, 0.2) is 34.1 Å². The molecular weight excluding hydrogens is 408 g/mol. The molecule has 10 heteroatoms. The minimum absolute atomic E-state index is 0.415. The van der Waals surface area contributed by atoms with E-state index < -0.39 is 0 Å². The zero-order valence-electron chi connectivity index (χ0n) is 16.1. The van der Waals surface area contributed by atoms with Crippen LogP contribution in [0.2, 0.25) is 0 Å². The predicted octanol–water partition coefficient (Wildman–Crippen LogP) is 3.44. The first-order valence-electron chi connectivity index (χ1n) is 9.47. The van der Waals surface area contributed by atoms with Crippen molar-refractivity contribution in [1.29, 1.82) is 0 Å². The van der Waals surface area contributed by atoms with Crippen molar-refractivity contribution in [3.05, 3.63) is 34.8 Å². The zero-order chi connectivity index (χ0) is 19.9. The number of aromatic nitrogens is 3. The monoisotopic (exact) mass is 430 g/mol. The van der Waals surface area contributed by atoms with Crippen molar-refractivity contribution < 1.29 is 9.47 Å². The van der Waals surface area contributed by atoms with Crippen LogP contribution in [0.5, 0.6) is 10.9 Å². The van der Waals surface area contributed by atoms with Crippen molar-refractivity contribution in [2.45, 2.75) is 19.8 Å². The van der Waals surface area contributed by atoms with Gasteiger partial charge in [-0.1, -0.05) is 18.3 Å². The van der Waals surface area contributed by atoms with Gasteiger partial charge >= 0.3 is 0 Å². The Morgan fingerprint density at radius 3 is 2.76 bits per heavy atom. The van der Waals surface area contributed by atoms with Crippen molar-refractivity contribution in [3.8, 4) is 22.3 Å². The van der Waals surface area contributed by atoms with E-state index in [-0.39, 0.29) is 0 Å². The molecule has 0 aromatic carbocycles. The van der Waals surface area contributed by atoms with Gasteiger partial charge in [-0.25, -0.2) is 9.97 Å². The summed E-state index contributed by atoms with van der Waals surface area (Å²) < 4.78 is 11.3. The standard InChI is InChI=1S/C19H22N6O2S2/c1-2-13-4-5-14(10-22-13)26-8-9-27-19-24-16(12-29-19)15-11-28-18(23-15)25-17-20-6-3-7-21-17/h4-5,10-12H,2-3,6-9H2,1H3,(H2,20,21,23,25). The molecule has 1 aliphatic rings. The van der Waals surface area contributed by atoms with Crippen LogP contribution in [0.4, 0.5) is 5.13 Å². The second kappa shape index (κ2) is 9.66. The first kappa shape index (κ1) is 19.6. The first-order chi connectivity index (χ1) is 14.3. The second-order valence-electron chi connectivity index (χ2n) is 6.21. The maximum absolute atomic E-state index is 5.70. The number of guanidine groups is 1. The van der Waals surface area contributed by atoms with E-state index in [1.165, 1.54) is 22.7 Å². The molecule has 0 saturated heterocycles. The highest BCUT2D eigenvalue weighted by Gasteiger charge is 2.12. The van der Waals surface area contributed by atoms with Crippen molar-refractivity contribution in [3.63, 3.8) is 0 Å². The van der Waals surface area contributed by atoms with Crippen molar-refractivity contribution in [1.82, 2.24) is 20.3 Å². The summed E-state index contributed by atoms with van der Waals surface area (Å²) in [5.74, 6) is 1.52. The summed E-state index contributed by atoms with van der Waals surface area (Å²) in [5, 5.41) is 11.7. The molecule has 0 bridgehead atoms. The van der Waals surface area contributed by atoms with E-state index in [2.05, 4.69) is 37.5 Å². The van der Waals surface area contributed by atoms with Crippen LogP contribution < -0.4 is 20.1 Å². The Hall–Kier alpha value is -2.72. The highest BCUT2D eigenvalue weighted by atomic mass is 32.1. The number of pyridine rings is 1. The quantitative estimate of drug-likeness (QED) is 0.529. The van der Waals surface area contributed by atoms with Crippen LogP contribution in [0.1, 0.15) is 19.0 Å². The molecule has 0 amide bonds. The van der Waals surface area contributed by atoms with Crippen LogP contribution in [0.25, 0.3) is 11.4 Å². The number of ether oxygens (including phenoxy) is 2. The van der Waals surface area contributed by atoms with Crippen LogP contribution >= 0.6 is 22.7 Å². The molecule has 0 spiro atoms. The van der Waals surface area contributed by atoms with Gasteiger partial charge in [0.1, 0.15) is 30.4 Å². The SMILES string of the molecule is CCc1ccc(OCCOc2nc(-c3csc(NC4=NCCCN4)n3)cs2)cn1. The molecule has 0 aliphatic carbocycles. The summed E-state index contributed by atoms with van der Waals surface area (Å²) in [6.45, 7) is 4.69. The Balaban J connectivity index is 1.25. The number of aryl methyl sites for hydroxylation is 1. The number of aliphatic imine (C=N–C) groups is 1. The zero-order valence-corrected chi connectivity index (χ0v) is 17.7. The predicted molar refractivity (Wildman–Crippen MR) is 116 cm³/mol. The van der Waals surface area contributed by atoms with Gasteiger partial charge < -0.3 is 20.1 Å². The number of anilines is 1. The van der Waals surface area contributed by atoms with Crippen molar-refractivity contribution >= 4 is 33.8 Å². The fourth-order valence-corrected chi connectivity index (χ4v) is 3.99. The molecular formula is C19H22N6O2S2. The number of hydrogen-bond donors (Lipinski definition) is 2. The van der Waals surface area contributed by atoms with Crippen LogP contribution in [0.3, 0.4) is 0 Å². The molecule has 0 fully saturated rings. The summed E-state index contributed by atoms with van der Waals surface area (Å²) in [6, 6.07) is 3.90. The summed E-state index contributed by atoms with van der Waals surface area (Å²) in [7, 11) is 0. The maximum atomic E-state index is 5.70. The lowest BCUT2D eigenvalue weighted by atomic mass is 10.3. The molecule has 3 aromatic heterocycles. The van der Waals surface area contributed by atoms with Crippen molar-refractivity contribution in [2.24, 2.45) is 4.99 Å². The molecule has 8 nitrogen and oxygen atoms in total. The smallest absolute Gasteiger partial charge is 0.273 e. The van der Waals surface area contributed by atoms with Crippen molar-refractivity contribution in [2.75, 3.05) is 31.6 Å². The maximum Gasteiger partial charge on any atom is 0.273 e. The lowest BCUT2D eigenvalue weighted by molar-refractivity contribution is 0.216. The Bertz CT molecular complexity index is 954. The molecule has 0 radical (unpaired) electrons. The average molecular weight is 431 g/mol. The van der Waals surface area contributed by atoms with E-state index in [0.29, 0.717) is 18.4 Å². The molecule has 3 aromatic rings. The highest BCUT2D eigenvalue weighted by Crippen LogP contribution is 2.29. The molecule has 4 heterocycles. The fourth-order valence-electron chi connectivity index (χ4n) is 2.60. The molecule has 29 heavy (non-hydrogen) atoms. The molecule has 1 aliphatic heterocycles. The number of rotatable bonds is 8. The van der Waals surface area contributed by atoms with Crippen LogP contribution in [-0.2, 0) is 6.42 Å². The summed E-state index contributed by atoms with van der Waals surface area (Å²) >= 11 is 2.97. The van der Waals surface area contributed by atoms with E-state index in [9.17, 15) is 0 Å². The number of hydrogen-bond acceptors (Lipinski definition) is 10. The first-order valence-corrected chi connectivity index (χ1v) is 11.2. The molecule has 4 rings (SSSR count). The lowest BCUT2D eigenvalue weighted by Gasteiger charge is -2.13. The van der Waals surface area contributed by atoms with Gasteiger partial charge in [0.25, 0.3) is 5.19 Å². The number of nitrogens with zero attached hydrogens (tertiary/aromatic N) is 4. The molecule has 0 atom stereocenters. The number of thiazole rings is 2. The summed E-state index contributed by atoms with van der Waals surface area (Å²) in [4.78, 5) is 17.8. The third-order valence-corrected chi connectivity index (χ3v) is 5.62. The summed E-state index contributed by atoms with van der Waals surface area (Å²) in [5.41, 5.74) is 2.67. The number of nitrogens with one attached hydrogen (secondary N) is 2. The largest absolute Gasteiger partial charge is 0.488 e. The lowest BCUT2D eigenvalue weighted by Crippen LogP contribution is -2.35. The van der Waals surface area contributed by atoms with E-state index in [1.807, 2.05) is 22.9 Å². The Kier molecular flexibility index (Phi) is 6.52. The van der Waals surface area contributed by atoms with E-state index in [4.69, 9.17) is 9.47 Å². The van der Waals surface area contributed by atoms with Gasteiger partial charge in [-0.05, 0) is 25.0 Å². The van der Waals surface area contributed by atoms with Gasteiger partial charge in [0.05, 0.1) is 6.20 Å². The molecule has 0 unspecified atom stereocenters. The molecule has 2 N–H and O–H groups in total. The van der Waals surface area contributed by atoms with E-state index in [0.717, 1.165) is 59.9 Å². The normalized spacial score (nSPS) is 13.5. The Labute approximate surface area is 177 Å². The van der Waals surface area contributed by atoms with E-state index in [1.54, 1.807) is 6.20 Å². The minimum atomic E-state index is 0.415. The third kappa shape index (κ3) is 5.42. The fraction of sp³-hybridized carbons (Fsp3) is 0.368. The molecule has 152 valence electrons. The van der Waals surface area contributed by atoms with Gasteiger partial charge in [-0.15, -0.1) is 11.3 Å². The highest BCUT2D eigenvalue weighted by molar-refractivity contribution is 7.14. The molecule has 0 saturated carbocycles.